The molecule has 1 aromatic heterocycles. The average Bonchev–Trinajstić information content (AvgIpc) is 2.30. The van der Waals surface area contributed by atoms with Crippen molar-refractivity contribution in [3.8, 4) is 0 Å². The van der Waals surface area contributed by atoms with Crippen molar-refractivity contribution in [2.45, 2.75) is 24.8 Å². The largest absolute Gasteiger partial charge is 0.453 e. The van der Waals surface area contributed by atoms with E-state index >= 15 is 0 Å². The second kappa shape index (κ2) is 2.26. The number of hydrogen-bond acceptors (Lipinski definition) is 2. The maximum Gasteiger partial charge on any atom is 0.198 e. The van der Waals surface area contributed by atoms with E-state index in [4.69, 9.17) is 21.8 Å². The lowest BCUT2D eigenvalue weighted by Crippen LogP contribution is -2.43. The fourth-order valence-corrected chi connectivity index (χ4v) is 1.78. The lowest BCUT2D eigenvalue weighted by Gasteiger charge is -2.37. The Labute approximate surface area is 70.3 Å². The molecule has 0 amide bonds. The van der Waals surface area contributed by atoms with Crippen molar-refractivity contribution in [3.63, 3.8) is 0 Å². The standard InChI is InChI=1S/C8H10ClNO/c9-7-6(2-5-11-7)8(10)3-1-4-8/h2,5H,1,3-4,10H2. The molecule has 1 aliphatic rings. The first kappa shape index (κ1) is 7.19. The zero-order valence-corrected chi connectivity index (χ0v) is 6.90. The average molecular weight is 172 g/mol. The first-order chi connectivity index (χ1) is 5.22. The lowest BCUT2D eigenvalue weighted by atomic mass is 9.74. The Bertz CT molecular complexity index is 265. The maximum absolute atomic E-state index is 6.02. The molecule has 0 aromatic carbocycles. The van der Waals surface area contributed by atoms with Crippen molar-refractivity contribution < 1.29 is 4.42 Å². The third kappa shape index (κ3) is 0.976. The molecule has 0 atom stereocenters. The van der Waals surface area contributed by atoms with E-state index in [1.54, 1.807) is 6.26 Å². The van der Waals surface area contributed by atoms with Crippen LogP contribution in [0.25, 0.3) is 0 Å². The van der Waals surface area contributed by atoms with Gasteiger partial charge in [-0.05, 0) is 36.9 Å². The summed E-state index contributed by atoms with van der Waals surface area (Å²) >= 11 is 5.79. The minimum atomic E-state index is -0.190. The van der Waals surface area contributed by atoms with Gasteiger partial charge in [0.1, 0.15) is 0 Å². The first-order valence-corrected chi connectivity index (χ1v) is 4.12. The molecule has 0 radical (unpaired) electrons. The molecule has 1 aromatic rings. The molecule has 0 saturated heterocycles. The summed E-state index contributed by atoms with van der Waals surface area (Å²) in [5.74, 6) is 0. The minimum Gasteiger partial charge on any atom is -0.453 e. The number of furan rings is 1. The minimum absolute atomic E-state index is 0.190. The van der Waals surface area contributed by atoms with E-state index in [0.29, 0.717) is 5.22 Å². The van der Waals surface area contributed by atoms with E-state index in [-0.39, 0.29) is 5.54 Å². The van der Waals surface area contributed by atoms with Crippen LogP contribution < -0.4 is 5.73 Å². The van der Waals surface area contributed by atoms with Crippen molar-refractivity contribution in [2.75, 3.05) is 0 Å². The highest BCUT2D eigenvalue weighted by Crippen LogP contribution is 2.41. The lowest BCUT2D eigenvalue weighted by molar-refractivity contribution is 0.252. The van der Waals surface area contributed by atoms with Crippen molar-refractivity contribution in [1.82, 2.24) is 0 Å². The summed E-state index contributed by atoms with van der Waals surface area (Å²) in [5, 5.41) is 0.451. The Hall–Kier alpha value is -0.470. The van der Waals surface area contributed by atoms with Gasteiger partial charge in [-0.2, -0.15) is 0 Å². The third-order valence-electron chi connectivity index (χ3n) is 2.40. The molecule has 0 bridgehead atoms. The van der Waals surface area contributed by atoms with Gasteiger partial charge in [0.15, 0.2) is 5.22 Å². The predicted molar refractivity (Wildman–Crippen MR) is 43.4 cm³/mol. The molecule has 60 valence electrons. The molecular formula is C8H10ClNO. The molecule has 3 heteroatoms. The van der Waals surface area contributed by atoms with E-state index in [2.05, 4.69) is 0 Å². The van der Waals surface area contributed by atoms with Crippen LogP contribution in [0.2, 0.25) is 5.22 Å². The van der Waals surface area contributed by atoms with Crippen molar-refractivity contribution in [3.05, 3.63) is 23.1 Å². The molecule has 2 nitrogen and oxygen atoms in total. The summed E-state index contributed by atoms with van der Waals surface area (Å²) in [6.45, 7) is 0. The molecular weight excluding hydrogens is 162 g/mol. The number of nitrogens with two attached hydrogens (primary N) is 1. The van der Waals surface area contributed by atoms with E-state index in [1.807, 2.05) is 6.07 Å². The SMILES string of the molecule is NC1(c2ccoc2Cl)CCC1. The quantitative estimate of drug-likeness (QED) is 0.704. The molecule has 1 fully saturated rings. The molecule has 11 heavy (non-hydrogen) atoms. The normalized spacial score (nSPS) is 21.3. The Morgan fingerprint density at radius 3 is 2.64 bits per heavy atom. The van der Waals surface area contributed by atoms with Crippen molar-refractivity contribution >= 4 is 11.6 Å². The zero-order chi connectivity index (χ0) is 7.90. The number of halogens is 1. The summed E-state index contributed by atoms with van der Waals surface area (Å²) in [6.07, 6.45) is 4.82. The van der Waals surface area contributed by atoms with Gasteiger partial charge in [0.2, 0.25) is 0 Å². The van der Waals surface area contributed by atoms with Gasteiger partial charge in [-0.3, -0.25) is 0 Å². The molecule has 1 aliphatic carbocycles. The number of rotatable bonds is 1. The van der Waals surface area contributed by atoms with Gasteiger partial charge in [0, 0.05) is 11.1 Å². The Morgan fingerprint density at radius 1 is 1.55 bits per heavy atom. The Kier molecular flexibility index (Phi) is 1.48. The molecule has 1 saturated carbocycles. The summed E-state index contributed by atoms with van der Waals surface area (Å²) in [5.41, 5.74) is 6.80. The second-order valence-electron chi connectivity index (χ2n) is 3.12. The van der Waals surface area contributed by atoms with Crippen LogP contribution in [0.4, 0.5) is 0 Å². The molecule has 0 aliphatic heterocycles. The zero-order valence-electron chi connectivity index (χ0n) is 6.14. The van der Waals surface area contributed by atoms with Crippen LogP contribution >= 0.6 is 11.6 Å². The molecule has 2 rings (SSSR count). The fraction of sp³-hybridized carbons (Fsp3) is 0.500. The molecule has 2 N–H and O–H groups in total. The number of hydrogen-bond donors (Lipinski definition) is 1. The highest BCUT2D eigenvalue weighted by atomic mass is 35.5. The van der Waals surface area contributed by atoms with Gasteiger partial charge in [-0.15, -0.1) is 0 Å². The van der Waals surface area contributed by atoms with Crippen LogP contribution in [0.3, 0.4) is 0 Å². The Balaban J connectivity index is 2.35. The van der Waals surface area contributed by atoms with Gasteiger partial charge >= 0.3 is 0 Å². The smallest absolute Gasteiger partial charge is 0.198 e. The second-order valence-corrected chi connectivity index (χ2v) is 3.46. The summed E-state index contributed by atoms with van der Waals surface area (Å²) in [7, 11) is 0. The molecule has 1 heterocycles. The third-order valence-corrected chi connectivity index (χ3v) is 2.69. The highest BCUT2D eigenvalue weighted by molar-refractivity contribution is 6.29. The van der Waals surface area contributed by atoms with Gasteiger partial charge in [-0.25, -0.2) is 0 Å². The molecule has 0 unspecified atom stereocenters. The van der Waals surface area contributed by atoms with E-state index in [1.165, 1.54) is 6.42 Å². The Morgan fingerprint density at radius 2 is 2.27 bits per heavy atom. The van der Waals surface area contributed by atoms with Gasteiger partial charge in [0.25, 0.3) is 0 Å². The van der Waals surface area contributed by atoms with Crippen LogP contribution in [-0.2, 0) is 5.54 Å². The fourth-order valence-electron chi connectivity index (χ4n) is 1.48. The topological polar surface area (TPSA) is 39.2 Å². The molecule has 0 spiro atoms. The van der Waals surface area contributed by atoms with Crippen LogP contribution in [0, 0.1) is 0 Å². The summed E-state index contributed by atoms with van der Waals surface area (Å²) < 4.78 is 4.97. The van der Waals surface area contributed by atoms with Gasteiger partial charge in [-0.1, -0.05) is 0 Å². The van der Waals surface area contributed by atoms with E-state index in [9.17, 15) is 0 Å². The van der Waals surface area contributed by atoms with Gasteiger partial charge < -0.3 is 10.2 Å². The van der Waals surface area contributed by atoms with Crippen molar-refractivity contribution in [2.24, 2.45) is 5.73 Å². The summed E-state index contributed by atoms with van der Waals surface area (Å²) in [4.78, 5) is 0. The van der Waals surface area contributed by atoms with Gasteiger partial charge in [0.05, 0.1) is 6.26 Å². The van der Waals surface area contributed by atoms with E-state index < -0.39 is 0 Å². The maximum atomic E-state index is 6.02. The predicted octanol–water partition coefficient (Wildman–Crippen LogP) is 2.27. The van der Waals surface area contributed by atoms with Crippen molar-refractivity contribution in [1.29, 1.82) is 0 Å². The highest BCUT2D eigenvalue weighted by Gasteiger charge is 2.37. The van der Waals surface area contributed by atoms with Crippen LogP contribution in [0.5, 0.6) is 0 Å². The van der Waals surface area contributed by atoms with Crippen LogP contribution in [0.15, 0.2) is 16.7 Å². The van der Waals surface area contributed by atoms with Crippen LogP contribution in [-0.4, -0.2) is 0 Å². The monoisotopic (exact) mass is 171 g/mol. The van der Waals surface area contributed by atoms with E-state index in [0.717, 1.165) is 18.4 Å². The van der Waals surface area contributed by atoms with Crippen LogP contribution in [0.1, 0.15) is 24.8 Å². The first-order valence-electron chi connectivity index (χ1n) is 3.75. The summed E-state index contributed by atoms with van der Waals surface area (Å²) in [6, 6.07) is 1.86.